The normalized spacial score (nSPS) is 48.6. The first-order valence-corrected chi connectivity index (χ1v) is 16.6. The highest BCUT2D eigenvalue weighted by Crippen LogP contribution is 2.76. The van der Waals surface area contributed by atoms with E-state index in [1.165, 1.54) is 37.7 Å². The predicted molar refractivity (Wildman–Crippen MR) is 161 cm³/mol. The molecule has 2 amide bonds. The molecule has 6 rings (SSSR count). The van der Waals surface area contributed by atoms with E-state index in [0.717, 1.165) is 51.9 Å². The van der Waals surface area contributed by atoms with Gasteiger partial charge in [0.25, 0.3) is 0 Å². The maximum atomic E-state index is 14.6. The average Bonchev–Trinajstić information content (AvgIpc) is 3.25. The average molecular weight is 552 g/mol. The van der Waals surface area contributed by atoms with E-state index in [4.69, 9.17) is 0 Å². The molecule has 0 bridgehead atoms. The highest BCUT2D eigenvalue weighted by Gasteiger charge is 2.71. The Morgan fingerprint density at radius 1 is 0.850 bits per heavy atom. The van der Waals surface area contributed by atoms with Crippen molar-refractivity contribution in [2.45, 2.75) is 111 Å². The van der Waals surface area contributed by atoms with Crippen molar-refractivity contribution < 1.29 is 9.59 Å². The summed E-state index contributed by atoms with van der Waals surface area (Å²) in [4.78, 5) is 32.0. The standard InChI is InChI=1S/C35H57N3O2/c1-23(2)24-11-16-35(30(40)38-21-19-37(8)20-22-38)18-17-33(6)25(29(24)35)9-10-27-32(5)14-13-28(39)36-31(3,4)26(32)12-15-34(27,33)7/h24-27,29H,1,9-22H2,2-8H3,(H,36,39)/t24-,25+,26-,27+,29+,32-,33+,34+,35-/m0/s1. The van der Waals surface area contributed by atoms with Crippen molar-refractivity contribution in [3.05, 3.63) is 12.2 Å². The number of hydrogen-bond acceptors (Lipinski definition) is 3. The second-order valence-corrected chi connectivity index (χ2v) is 16.7. The van der Waals surface area contributed by atoms with Gasteiger partial charge in [0.1, 0.15) is 0 Å². The number of allylic oxidation sites excluding steroid dienone is 1. The summed E-state index contributed by atoms with van der Waals surface area (Å²) in [5.74, 6) is 3.32. The van der Waals surface area contributed by atoms with E-state index in [1.807, 2.05) is 0 Å². The Labute approximate surface area is 244 Å². The molecule has 0 unspecified atom stereocenters. The summed E-state index contributed by atoms with van der Waals surface area (Å²) in [6.45, 7) is 22.9. The first-order chi connectivity index (χ1) is 18.7. The van der Waals surface area contributed by atoms with E-state index in [1.54, 1.807) is 0 Å². The van der Waals surface area contributed by atoms with E-state index in [2.05, 4.69) is 70.3 Å². The summed E-state index contributed by atoms with van der Waals surface area (Å²) < 4.78 is 0. The molecule has 4 aliphatic carbocycles. The molecule has 1 N–H and O–H groups in total. The molecule has 9 atom stereocenters. The number of nitrogens with one attached hydrogen (secondary N) is 1. The monoisotopic (exact) mass is 551 g/mol. The lowest BCUT2D eigenvalue weighted by Gasteiger charge is -2.71. The minimum Gasteiger partial charge on any atom is -0.351 e. The van der Waals surface area contributed by atoms with Crippen LogP contribution in [-0.2, 0) is 9.59 Å². The van der Waals surface area contributed by atoms with Gasteiger partial charge in [-0.3, -0.25) is 9.59 Å². The van der Waals surface area contributed by atoms with Gasteiger partial charge in [-0.05, 0) is 131 Å². The van der Waals surface area contributed by atoms with Crippen LogP contribution in [0.4, 0.5) is 0 Å². The molecule has 0 radical (unpaired) electrons. The zero-order valence-electron chi connectivity index (χ0n) is 26.7. The molecule has 2 heterocycles. The number of nitrogens with zero attached hydrogens (tertiary/aromatic N) is 2. The quantitative estimate of drug-likeness (QED) is 0.411. The van der Waals surface area contributed by atoms with Gasteiger partial charge >= 0.3 is 0 Å². The number of carbonyl (C=O) groups excluding carboxylic acids is 2. The Hall–Kier alpha value is -1.36. The number of rotatable bonds is 2. The van der Waals surface area contributed by atoms with Crippen molar-refractivity contribution in [2.24, 2.45) is 51.2 Å². The number of hydrogen-bond donors (Lipinski definition) is 1. The Morgan fingerprint density at radius 2 is 1.55 bits per heavy atom. The van der Waals surface area contributed by atoms with Crippen LogP contribution in [-0.4, -0.2) is 60.4 Å². The molecule has 6 aliphatic rings. The lowest BCUT2D eigenvalue weighted by atomic mass is 9.33. The van der Waals surface area contributed by atoms with Crippen molar-refractivity contribution in [1.29, 1.82) is 0 Å². The van der Waals surface area contributed by atoms with E-state index in [-0.39, 0.29) is 33.1 Å². The van der Waals surface area contributed by atoms with Crippen LogP contribution in [0, 0.1) is 51.2 Å². The molecule has 2 aliphatic heterocycles. The molecular formula is C35H57N3O2. The summed E-state index contributed by atoms with van der Waals surface area (Å²) in [7, 11) is 2.18. The Kier molecular flexibility index (Phi) is 6.70. The predicted octanol–water partition coefficient (Wildman–Crippen LogP) is 6.29. The Bertz CT molecular complexity index is 1080. The second kappa shape index (κ2) is 9.32. The van der Waals surface area contributed by atoms with Gasteiger partial charge in [0.2, 0.25) is 11.8 Å². The summed E-state index contributed by atoms with van der Waals surface area (Å²) >= 11 is 0. The molecule has 0 aromatic heterocycles. The molecule has 5 nitrogen and oxygen atoms in total. The van der Waals surface area contributed by atoms with Gasteiger partial charge in [0, 0.05) is 38.1 Å². The largest absolute Gasteiger partial charge is 0.351 e. The van der Waals surface area contributed by atoms with E-state index >= 15 is 0 Å². The van der Waals surface area contributed by atoms with Crippen molar-refractivity contribution in [3.63, 3.8) is 0 Å². The SMILES string of the molecule is C=C(C)[C@@H]1CC[C@]2(C(=O)N3CCN(C)CC3)CC[C@]3(C)[C@H](CC[C@@H]4[C@@]5(C)CCC(=O)NC(C)(C)[C@@H]5CC[C@]43C)[C@@H]12. The fourth-order valence-electron chi connectivity index (χ4n) is 12.6. The summed E-state index contributed by atoms with van der Waals surface area (Å²) in [6, 6.07) is 0. The van der Waals surface area contributed by atoms with Crippen molar-refractivity contribution >= 4 is 11.8 Å². The minimum absolute atomic E-state index is 0.158. The summed E-state index contributed by atoms with van der Waals surface area (Å²) in [5, 5.41) is 3.42. The van der Waals surface area contributed by atoms with Gasteiger partial charge in [-0.15, -0.1) is 0 Å². The topological polar surface area (TPSA) is 52.7 Å². The van der Waals surface area contributed by atoms with Crippen LogP contribution in [0.5, 0.6) is 0 Å². The minimum atomic E-state index is -0.200. The molecule has 6 fully saturated rings. The van der Waals surface area contributed by atoms with Crippen LogP contribution in [0.2, 0.25) is 0 Å². The molecule has 2 saturated heterocycles. The Morgan fingerprint density at radius 3 is 2.23 bits per heavy atom. The fourth-order valence-corrected chi connectivity index (χ4v) is 12.6. The lowest BCUT2D eigenvalue weighted by Crippen LogP contribution is -2.67. The van der Waals surface area contributed by atoms with Crippen molar-refractivity contribution in [1.82, 2.24) is 15.1 Å². The number of carbonyl (C=O) groups is 2. The van der Waals surface area contributed by atoms with E-state index < -0.39 is 0 Å². The van der Waals surface area contributed by atoms with Crippen molar-refractivity contribution in [3.8, 4) is 0 Å². The highest BCUT2D eigenvalue weighted by atomic mass is 16.2. The first-order valence-electron chi connectivity index (χ1n) is 16.6. The maximum absolute atomic E-state index is 14.6. The molecule has 0 aromatic rings. The molecule has 0 aromatic carbocycles. The van der Waals surface area contributed by atoms with Gasteiger partial charge in [-0.2, -0.15) is 0 Å². The van der Waals surface area contributed by atoms with Crippen LogP contribution in [0.3, 0.4) is 0 Å². The first kappa shape index (κ1) is 28.7. The zero-order chi connectivity index (χ0) is 28.9. The number of likely N-dealkylation sites (N-methyl/N-ethyl adjacent to an activating group) is 1. The van der Waals surface area contributed by atoms with E-state index in [9.17, 15) is 9.59 Å². The third-order valence-electron chi connectivity index (χ3n) is 14.8. The molecular weight excluding hydrogens is 494 g/mol. The molecule has 5 heteroatoms. The molecule has 224 valence electrons. The summed E-state index contributed by atoms with van der Waals surface area (Å²) in [5.41, 5.74) is 1.56. The third-order valence-corrected chi connectivity index (χ3v) is 14.8. The van der Waals surface area contributed by atoms with Gasteiger partial charge in [0.05, 0.1) is 5.41 Å². The zero-order valence-corrected chi connectivity index (χ0v) is 26.7. The second-order valence-electron chi connectivity index (χ2n) is 16.7. The maximum Gasteiger partial charge on any atom is 0.229 e. The molecule has 4 saturated carbocycles. The van der Waals surface area contributed by atoms with Crippen LogP contribution in [0.1, 0.15) is 106 Å². The fraction of sp³-hybridized carbons (Fsp3) is 0.886. The molecule has 40 heavy (non-hydrogen) atoms. The van der Waals surface area contributed by atoms with E-state index in [0.29, 0.717) is 41.9 Å². The van der Waals surface area contributed by atoms with Crippen molar-refractivity contribution in [2.75, 3.05) is 33.2 Å². The number of piperazine rings is 1. The van der Waals surface area contributed by atoms with Crippen LogP contribution in [0.25, 0.3) is 0 Å². The molecule has 0 spiro atoms. The third kappa shape index (κ3) is 3.80. The highest BCUT2D eigenvalue weighted by molar-refractivity contribution is 5.84. The van der Waals surface area contributed by atoms with Crippen LogP contribution >= 0.6 is 0 Å². The Balaban J connectivity index is 1.37. The van der Waals surface area contributed by atoms with Gasteiger partial charge < -0.3 is 15.1 Å². The number of amides is 2. The van der Waals surface area contributed by atoms with Gasteiger partial charge in [-0.1, -0.05) is 32.9 Å². The van der Waals surface area contributed by atoms with Gasteiger partial charge in [0.15, 0.2) is 0 Å². The lowest BCUT2D eigenvalue weighted by molar-refractivity contribution is -0.225. The van der Waals surface area contributed by atoms with Crippen LogP contribution < -0.4 is 5.32 Å². The summed E-state index contributed by atoms with van der Waals surface area (Å²) in [6.07, 6.45) is 11.0. The smallest absolute Gasteiger partial charge is 0.229 e. The number of fused-ring (bicyclic) bond motifs is 7. The van der Waals surface area contributed by atoms with Crippen LogP contribution in [0.15, 0.2) is 12.2 Å². The van der Waals surface area contributed by atoms with Gasteiger partial charge in [-0.25, -0.2) is 0 Å².